The van der Waals surface area contributed by atoms with Crippen LogP contribution in [-0.4, -0.2) is 69.8 Å². The fourth-order valence-corrected chi connectivity index (χ4v) is 4.19. The zero-order valence-corrected chi connectivity index (χ0v) is 13.6. The fourth-order valence-electron chi connectivity index (χ4n) is 4.19. The van der Waals surface area contributed by atoms with Crippen LogP contribution in [0.2, 0.25) is 0 Å². The molecule has 4 rings (SSSR count). The predicted molar refractivity (Wildman–Crippen MR) is 87.4 cm³/mol. The number of carboxylic acids is 1. The summed E-state index contributed by atoms with van der Waals surface area (Å²) in [6, 6.07) is 7.74. The Bertz CT molecular complexity index is 817. The Balaban J connectivity index is 1.53. The number of hydrogen-bond acceptors (Lipinski definition) is 4. The first-order valence-electron chi connectivity index (χ1n) is 8.10. The zero-order valence-electron chi connectivity index (χ0n) is 13.6. The van der Waals surface area contributed by atoms with Gasteiger partial charge in [0.05, 0.1) is 11.7 Å². The largest absolute Gasteiger partial charge is 0.481 e. The van der Waals surface area contributed by atoms with Gasteiger partial charge in [0.1, 0.15) is 12.0 Å². The van der Waals surface area contributed by atoms with Crippen molar-refractivity contribution in [1.29, 1.82) is 0 Å². The number of carboxylic acid groups (broad SMARTS) is 1. The molecule has 0 unspecified atom stereocenters. The topological polar surface area (TPSA) is 78.7 Å². The average molecular weight is 328 g/mol. The number of carbonyl (C=O) groups is 2. The molecule has 2 atom stereocenters. The predicted octanol–water partition coefficient (Wildman–Crippen LogP) is 0.511. The number of rotatable bonds is 3. The smallest absolute Gasteiger partial charge is 0.313 e. The molecule has 2 aromatic rings. The summed E-state index contributed by atoms with van der Waals surface area (Å²) < 4.78 is 1.69. The molecule has 1 amide bonds. The van der Waals surface area contributed by atoms with Crippen molar-refractivity contribution in [3.8, 4) is 0 Å². The maximum Gasteiger partial charge on any atom is 0.313 e. The Kier molecular flexibility index (Phi) is 3.35. The number of likely N-dealkylation sites (tertiary alicyclic amines) is 2. The van der Waals surface area contributed by atoms with Gasteiger partial charge in [-0.2, -0.15) is 5.10 Å². The van der Waals surface area contributed by atoms with Crippen molar-refractivity contribution in [1.82, 2.24) is 19.6 Å². The summed E-state index contributed by atoms with van der Waals surface area (Å²) in [4.78, 5) is 28.3. The quantitative estimate of drug-likeness (QED) is 0.888. The number of benzene rings is 1. The molecule has 24 heavy (non-hydrogen) atoms. The molecule has 2 fully saturated rings. The van der Waals surface area contributed by atoms with E-state index in [4.69, 9.17) is 0 Å². The van der Waals surface area contributed by atoms with Gasteiger partial charge in [0.2, 0.25) is 5.91 Å². The van der Waals surface area contributed by atoms with Crippen LogP contribution >= 0.6 is 0 Å². The highest BCUT2D eigenvalue weighted by Crippen LogP contribution is 2.42. The van der Waals surface area contributed by atoms with E-state index in [9.17, 15) is 14.7 Å². The van der Waals surface area contributed by atoms with E-state index in [1.54, 1.807) is 15.8 Å². The Labute approximate surface area is 139 Å². The number of para-hydroxylation sites is 1. The van der Waals surface area contributed by atoms with Crippen LogP contribution in [0.5, 0.6) is 0 Å². The van der Waals surface area contributed by atoms with Crippen molar-refractivity contribution in [3.05, 3.63) is 30.5 Å². The maximum absolute atomic E-state index is 12.7. The molecule has 1 aromatic heterocycles. The first-order valence-corrected chi connectivity index (χ1v) is 8.10. The lowest BCUT2D eigenvalue weighted by Gasteiger charge is -2.24. The van der Waals surface area contributed by atoms with E-state index in [2.05, 4.69) is 5.10 Å². The van der Waals surface area contributed by atoms with Crippen LogP contribution in [0.3, 0.4) is 0 Å². The Morgan fingerprint density at radius 1 is 1.29 bits per heavy atom. The van der Waals surface area contributed by atoms with Crippen molar-refractivity contribution in [2.75, 3.05) is 33.2 Å². The van der Waals surface area contributed by atoms with E-state index < -0.39 is 11.4 Å². The molecule has 7 heteroatoms. The Hall–Kier alpha value is -2.41. The molecule has 2 aliphatic rings. The molecule has 126 valence electrons. The second-order valence-corrected chi connectivity index (χ2v) is 6.99. The molecule has 0 bridgehead atoms. The average Bonchev–Trinajstić information content (AvgIpc) is 3.18. The number of fused-ring (bicyclic) bond motifs is 2. The second kappa shape index (κ2) is 5.31. The number of nitrogens with zero attached hydrogens (tertiary/aromatic N) is 4. The lowest BCUT2D eigenvalue weighted by molar-refractivity contribution is -0.149. The van der Waals surface area contributed by atoms with Crippen molar-refractivity contribution < 1.29 is 14.7 Å². The number of hydrogen-bond donors (Lipinski definition) is 1. The van der Waals surface area contributed by atoms with Gasteiger partial charge in [-0.15, -0.1) is 0 Å². The van der Waals surface area contributed by atoms with E-state index in [1.807, 2.05) is 36.2 Å². The molecule has 2 aliphatic heterocycles. The van der Waals surface area contributed by atoms with Gasteiger partial charge < -0.3 is 14.9 Å². The van der Waals surface area contributed by atoms with Gasteiger partial charge in [0.25, 0.3) is 0 Å². The Morgan fingerprint density at radius 3 is 2.83 bits per heavy atom. The fraction of sp³-hybridized carbons (Fsp3) is 0.471. The van der Waals surface area contributed by atoms with Crippen LogP contribution in [0.25, 0.3) is 10.9 Å². The van der Waals surface area contributed by atoms with Gasteiger partial charge in [-0.3, -0.25) is 14.3 Å². The van der Waals surface area contributed by atoms with Crippen LogP contribution in [-0.2, 0) is 16.1 Å². The number of amides is 1. The molecule has 0 spiro atoms. The van der Waals surface area contributed by atoms with E-state index in [-0.39, 0.29) is 24.9 Å². The van der Waals surface area contributed by atoms with Gasteiger partial charge in [0.15, 0.2) is 0 Å². The zero-order chi connectivity index (χ0) is 16.9. The van der Waals surface area contributed by atoms with Gasteiger partial charge in [0, 0.05) is 37.5 Å². The summed E-state index contributed by atoms with van der Waals surface area (Å²) in [6.07, 6.45) is 1.75. The molecule has 3 heterocycles. The standard InChI is InChI=1S/C17H20N4O3/c1-19-7-13-8-20(11-17(13,10-19)16(23)24)15(22)9-21-14-5-3-2-4-12(14)6-18-21/h2-6,13H,7-11H2,1H3,(H,23,24)/t13-,17-/m0/s1. The van der Waals surface area contributed by atoms with Crippen molar-refractivity contribution in [2.24, 2.45) is 11.3 Å². The van der Waals surface area contributed by atoms with Crippen molar-refractivity contribution in [2.45, 2.75) is 6.54 Å². The first-order chi connectivity index (χ1) is 11.5. The lowest BCUT2D eigenvalue weighted by atomic mass is 9.81. The van der Waals surface area contributed by atoms with E-state index in [0.29, 0.717) is 13.1 Å². The third-order valence-electron chi connectivity index (χ3n) is 5.39. The van der Waals surface area contributed by atoms with E-state index in [0.717, 1.165) is 17.4 Å². The molecule has 0 aliphatic carbocycles. The number of aromatic nitrogens is 2. The summed E-state index contributed by atoms with van der Waals surface area (Å²) in [6.45, 7) is 2.16. The molecule has 2 saturated heterocycles. The molecule has 0 radical (unpaired) electrons. The van der Waals surface area contributed by atoms with Crippen LogP contribution in [0, 0.1) is 11.3 Å². The summed E-state index contributed by atoms with van der Waals surface area (Å²) >= 11 is 0. The molecule has 1 aromatic carbocycles. The van der Waals surface area contributed by atoms with Crippen LogP contribution in [0.4, 0.5) is 0 Å². The molecule has 1 N–H and O–H groups in total. The van der Waals surface area contributed by atoms with Gasteiger partial charge >= 0.3 is 5.97 Å². The minimum atomic E-state index is -0.823. The summed E-state index contributed by atoms with van der Waals surface area (Å²) in [5, 5.41) is 15.0. The monoisotopic (exact) mass is 328 g/mol. The minimum absolute atomic E-state index is 0.00156. The minimum Gasteiger partial charge on any atom is -0.481 e. The molecule has 7 nitrogen and oxygen atoms in total. The molecule has 0 saturated carbocycles. The summed E-state index contributed by atoms with van der Waals surface area (Å²) in [7, 11) is 1.94. The van der Waals surface area contributed by atoms with Crippen LogP contribution in [0.15, 0.2) is 30.5 Å². The van der Waals surface area contributed by atoms with Crippen molar-refractivity contribution in [3.63, 3.8) is 0 Å². The number of aliphatic carboxylic acids is 1. The van der Waals surface area contributed by atoms with Gasteiger partial charge in [-0.05, 0) is 13.1 Å². The highest BCUT2D eigenvalue weighted by Gasteiger charge is 2.57. The summed E-state index contributed by atoms with van der Waals surface area (Å²) in [5.41, 5.74) is 0.0919. The third-order valence-corrected chi connectivity index (χ3v) is 5.39. The van der Waals surface area contributed by atoms with Gasteiger partial charge in [-0.1, -0.05) is 18.2 Å². The SMILES string of the molecule is CN1C[C@H]2CN(C(=O)Cn3ncc4ccccc43)C[C@@]2(C(=O)O)C1. The highest BCUT2D eigenvalue weighted by atomic mass is 16.4. The Morgan fingerprint density at radius 2 is 2.08 bits per heavy atom. The normalized spacial score (nSPS) is 26.9. The highest BCUT2D eigenvalue weighted by molar-refractivity contribution is 5.84. The van der Waals surface area contributed by atoms with Gasteiger partial charge in [-0.25, -0.2) is 0 Å². The van der Waals surface area contributed by atoms with E-state index >= 15 is 0 Å². The molecular formula is C17H20N4O3. The second-order valence-electron chi connectivity index (χ2n) is 6.99. The van der Waals surface area contributed by atoms with Crippen LogP contribution < -0.4 is 0 Å². The molecular weight excluding hydrogens is 308 g/mol. The van der Waals surface area contributed by atoms with Crippen LogP contribution in [0.1, 0.15) is 0 Å². The lowest BCUT2D eigenvalue weighted by Crippen LogP contribution is -2.42. The third kappa shape index (κ3) is 2.19. The van der Waals surface area contributed by atoms with E-state index in [1.165, 1.54) is 0 Å². The summed E-state index contributed by atoms with van der Waals surface area (Å²) in [5.74, 6) is -0.864. The van der Waals surface area contributed by atoms with Crippen molar-refractivity contribution >= 4 is 22.8 Å². The first kappa shape index (κ1) is 15.1. The maximum atomic E-state index is 12.7. The number of carbonyl (C=O) groups excluding carboxylic acids is 1.